The first-order valence-electron chi connectivity index (χ1n) is 7.30. The summed E-state index contributed by atoms with van der Waals surface area (Å²) in [6.07, 6.45) is 0. The average molecular weight is 362 g/mol. The fourth-order valence-electron chi connectivity index (χ4n) is 2.52. The lowest BCUT2D eigenvalue weighted by atomic mass is 10.0. The van der Waals surface area contributed by atoms with Crippen LogP contribution < -0.4 is 5.43 Å². The van der Waals surface area contributed by atoms with Crippen molar-refractivity contribution in [2.24, 2.45) is 0 Å². The number of fused-ring (bicyclic) bond motifs is 1. The fourth-order valence-corrected chi connectivity index (χ4v) is 2.93. The Labute approximate surface area is 148 Å². The number of pyridine rings is 1. The van der Waals surface area contributed by atoms with Crippen molar-refractivity contribution >= 4 is 40.1 Å². The molecule has 6 heteroatoms. The summed E-state index contributed by atoms with van der Waals surface area (Å²) in [6, 6.07) is 11.9. The summed E-state index contributed by atoms with van der Waals surface area (Å²) in [7, 11) is 0. The van der Waals surface area contributed by atoms with Crippen LogP contribution in [0.1, 0.15) is 17.3 Å². The molecule has 1 aromatic heterocycles. The molecule has 1 N–H and O–H groups in total. The van der Waals surface area contributed by atoms with Crippen molar-refractivity contribution < 1.29 is 9.53 Å². The van der Waals surface area contributed by atoms with E-state index in [1.165, 1.54) is 6.07 Å². The van der Waals surface area contributed by atoms with E-state index < -0.39 is 11.4 Å². The third-order valence-corrected chi connectivity index (χ3v) is 4.15. The number of H-pyrrole nitrogens is 1. The highest BCUT2D eigenvalue weighted by atomic mass is 35.5. The van der Waals surface area contributed by atoms with Crippen molar-refractivity contribution in [3.05, 3.63) is 68.3 Å². The summed E-state index contributed by atoms with van der Waals surface area (Å²) in [5.74, 6) is -0.699. The Hall–Kier alpha value is -2.30. The van der Waals surface area contributed by atoms with Gasteiger partial charge in [0.15, 0.2) is 0 Å². The Morgan fingerprint density at radius 2 is 1.92 bits per heavy atom. The van der Waals surface area contributed by atoms with Gasteiger partial charge in [0.05, 0.1) is 12.3 Å². The van der Waals surface area contributed by atoms with Crippen molar-refractivity contribution in [3.63, 3.8) is 0 Å². The maximum absolute atomic E-state index is 12.9. The van der Waals surface area contributed by atoms with E-state index in [1.54, 1.807) is 43.3 Å². The van der Waals surface area contributed by atoms with Gasteiger partial charge in [0.25, 0.3) is 0 Å². The smallest absolute Gasteiger partial charge is 0.344 e. The summed E-state index contributed by atoms with van der Waals surface area (Å²) in [5.41, 5.74) is 0.918. The standard InChI is InChI=1S/C18H13Cl2NO3/c1-2-24-18(23)15-16(11-5-3-4-6-13(11)20)21-14-8-7-10(19)9-12(14)17(15)22/h3-9H,2H2,1H3,(H,21,22). The summed E-state index contributed by atoms with van der Waals surface area (Å²) in [5, 5.41) is 1.15. The molecule has 3 rings (SSSR count). The van der Waals surface area contributed by atoms with E-state index in [-0.39, 0.29) is 12.2 Å². The Morgan fingerprint density at radius 3 is 2.62 bits per heavy atom. The summed E-state index contributed by atoms with van der Waals surface area (Å²) in [4.78, 5) is 28.4. The van der Waals surface area contributed by atoms with Crippen LogP contribution in [-0.2, 0) is 4.74 Å². The molecule has 0 saturated heterocycles. The molecule has 0 unspecified atom stereocenters. The van der Waals surface area contributed by atoms with Crippen LogP contribution in [0.25, 0.3) is 22.2 Å². The van der Waals surface area contributed by atoms with E-state index in [4.69, 9.17) is 27.9 Å². The first-order chi connectivity index (χ1) is 11.5. The van der Waals surface area contributed by atoms with Crippen molar-refractivity contribution in [2.45, 2.75) is 6.92 Å². The van der Waals surface area contributed by atoms with Gasteiger partial charge in [0, 0.05) is 26.5 Å². The van der Waals surface area contributed by atoms with Gasteiger partial charge in [0.2, 0.25) is 5.43 Å². The lowest BCUT2D eigenvalue weighted by Gasteiger charge is -2.12. The van der Waals surface area contributed by atoms with Gasteiger partial charge in [-0.15, -0.1) is 0 Å². The zero-order chi connectivity index (χ0) is 17.3. The highest BCUT2D eigenvalue weighted by Crippen LogP contribution is 2.30. The molecule has 122 valence electrons. The molecule has 4 nitrogen and oxygen atoms in total. The highest BCUT2D eigenvalue weighted by molar-refractivity contribution is 6.33. The van der Waals surface area contributed by atoms with Crippen LogP contribution in [0.2, 0.25) is 10.0 Å². The number of hydrogen-bond acceptors (Lipinski definition) is 3. The van der Waals surface area contributed by atoms with Crippen molar-refractivity contribution in [1.82, 2.24) is 4.98 Å². The second kappa shape index (κ2) is 6.67. The molecule has 0 atom stereocenters. The second-order valence-electron chi connectivity index (χ2n) is 5.09. The number of ether oxygens (including phenoxy) is 1. The van der Waals surface area contributed by atoms with Crippen LogP contribution in [-0.4, -0.2) is 17.6 Å². The number of benzene rings is 2. The van der Waals surface area contributed by atoms with Gasteiger partial charge >= 0.3 is 5.97 Å². The van der Waals surface area contributed by atoms with Crippen LogP contribution in [0, 0.1) is 0 Å². The third kappa shape index (κ3) is 2.90. The average Bonchev–Trinajstić information content (AvgIpc) is 2.56. The number of nitrogens with one attached hydrogen (secondary N) is 1. The number of rotatable bonds is 3. The SMILES string of the molecule is CCOC(=O)c1c(-c2ccccc2Cl)[nH]c2ccc(Cl)cc2c1=O. The normalized spacial score (nSPS) is 10.8. The quantitative estimate of drug-likeness (QED) is 0.689. The van der Waals surface area contributed by atoms with E-state index in [9.17, 15) is 9.59 Å². The Balaban J connectivity index is 2.41. The lowest BCUT2D eigenvalue weighted by Crippen LogP contribution is -2.20. The molecule has 3 aromatic rings. The van der Waals surface area contributed by atoms with Gasteiger partial charge in [-0.3, -0.25) is 4.79 Å². The lowest BCUT2D eigenvalue weighted by molar-refractivity contribution is 0.0525. The molecule has 0 aliphatic carbocycles. The molecule has 1 heterocycles. The number of aromatic nitrogens is 1. The second-order valence-corrected chi connectivity index (χ2v) is 5.94. The van der Waals surface area contributed by atoms with Gasteiger partial charge < -0.3 is 9.72 Å². The number of hydrogen-bond donors (Lipinski definition) is 1. The minimum absolute atomic E-state index is 0.0836. The molecule has 0 aliphatic rings. The topological polar surface area (TPSA) is 59.2 Å². The van der Waals surface area contributed by atoms with Gasteiger partial charge in [-0.25, -0.2) is 4.79 Å². The molecule has 24 heavy (non-hydrogen) atoms. The zero-order valence-corrected chi connectivity index (χ0v) is 14.2. The molecular weight excluding hydrogens is 349 g/mol. The summed E-state index contributed by atoms with van der Waals surface area (Å²) in [6.45, 7) is 1.84. The van der Waals surface area contributed by atoms with E-state index in [2.05, 4.69) is 4.98 Å². The molecule has 0 radical (unpaired) electrons. The number of aromatic amines is 1. The number of carbonyl (C=O) groups excluding carboxylic acids is 1. The molecule has 0 fully saturated rings. The van der Waals surface area contributed by atoms with E-state index in [0.29, 0.717) is 32.2 Å². The Bertz CT molecular complexity index is 995. The zero-order valence-electron chi connectivity index (χ0n) is 12.7. The fraction of sp³-hybridized carbons (Fsp3) is 0.111. The summed E-state index contributed by atoms with van der Waals surface area (Å²) >= 11 is 12.2. The van der Waals surface area contributed by atoms with Crippen LogP contribution >= 0.6 is 23.2 Å². The molecule has 0 saturated carbocycles. The third-order valence-electron chi connectivity index (χ3n) is 3.59. The van der Waals surface area contributed by atoms with Crippen LogP contribution in [0.4, 0.5) is 0 Å². The van der Waals surface area contributed by atoms with Crippen molar-refractivity contribution in [1.29, 1.82) is 0 Å². The minimum atomic E-state index is -0.699. The molecule has 0 aliphatic heterocycles. The van der Waals surface area contributed by atoms with Gasteiger partial charge in [-0.2, -0.15) is 0 Å². The highest BCUT2D eigenvalue weighted by Gasteiger charge is 2.22. The van der Waals surface area contributed by atoms with Crippen molar-refractivity contribution in [3.8, 4) is 11.3 Å². The first kappa shape index (κ1) is 16.6. The van der Waals surface area contributed by atoms with Gasteiger partial charge in [-0.1, -0.05) is 41.4 Å². The molecule has 0 spiro atoms. The monoisotopic (exact) mass is 361 g/mol. The maximum Gasteiger partial charge on any atom is 0.344 e. The van der Waals surface area contributed by atoms with Crippen LogP contribution in [0.15, 0.2) is 47.3 Å². The first-order valence-corrected chi connectivity index (χ1v) is 8.06. The minimum Gasteiger partial charge on any atom is -0.462 e. The predicted octanol–water partition coefficient (Wildman–Crippen LogP) is 4.68. The Kier molecular flexibility index (Phi) is 4.60. The van der Waals surface area contributed by atoms with Gasteiger partial charge in [-0.05, 0) is 31.2 Å². The number of esters is 1. The number of halogens is 2. The maximum atomic E-state index is 12.9. The van der Waals surface area contributed by atoms with Crippen molar-refractivity contribution in [2.75, 3.05) is 6.61 Å². The Morgan fingerprint density at radius 1 is 1.17 bits per heavy atom. The molecular formula is C18H13Cl2NO3. The molecule has 0 bridgehead atoms. The predicted molar refractivity (Wildman–Crippen MR) is 96.0 cm³/mol. The summed E-state index contributed by atoms with van der Waals surface area (Å²) < 4.78 is 5.05. The largest absolute Gasteiger partial charge is 0.462 e. The van der Waals surface area contributed by atoms with E-state index in [0.717, 1.165) is 0 Å². The number of carbonyl (C=O) groups is 1. The van der Waals surface area contributed by atoms with E-state index >= 15 is 0 Å². The molecule has 0 amide bonds. The van der Waals surface area contributed by atoms with Gasteiger partial charge in [0.1, 0.15) is 5.56 Å². The van der Waals surface area contributed by atoms with E-state index in [1.807, 2.05) is 0 Å². The van der Waals surface area contributed by atoms with Crippen LogP contribution in [0.3, 0.4) is 0 Å². The van der Waals surface area contributed by atoms with Crippen LogP contribution in [0.5, 0.6) is 0 Å². The molecule has 2 aromatic carbocycles.